The number of carbonyl (C=O) groups excluding carboxylic acids is 2. The van der Waals surface area contributed by atoms with Gasteiger partial charge in [0.1, 0.15) is 12.4 Å². The highest BCUT2D eigenvalue weighted by Gasteiger charge is 2.10. The summed E-state index contributed by atoms with van der Waals surface area (Å²) in [5.74, 6) is -0.188. The number of nitrogens with one attached hydrogen (secondary N) is 1. The third-order valence-corrected chi connectivity index (χ3v) is 4.15. The van der Waals surface area contributed by atoms with Gasteiger partial charge in [0.2, 0.25) is 0 Å². The molecule has 0 radical (unpaired) electrons. The number of amides is 1. The lowest BCUT2D eigenvalue weighted by Gasteiger charge is -2.07. The van der Waals surface area contributed by atoms with Crippen LogP contribution in [-0.4, -0.2) is 30.0 Å². The molecule has 1 amide bonds. The molecule has 1 heterocycles. The highest BCUT2D eigenvalue weighted by Crippen LogP contribution is 2.16. The van der Waals surface area contributed by atoms with Gasteiger partial charge in [-0.2, -0.15) is 0 Å². The lowest BCUT2D eigenvalue weighted by molar-refractivity contribution is -0.124. The maximum Gasteiger partial charge on any atom is 0.338 e. The fraction of sp³-hybridized carbons (Fsp3) is 0.389. The van der Waals surface area contributed by atoms with E-state index in [1.807, 2.05) is 19.2 Å². The molecular weight excluding hydrogens is 340 g/mol. The van der Waals surface area contributed by atoms with Crippen molar-refractivity contribution in [1.82, 2.24) is 10.3 Å². The van der Waals surface area contributed by atoms with Gasteiger partial charge in [0.05, 0.1) is 16.3 Å². The van der Waals surface area contributed by atoms with Crippen LogP contribution in [0.2, 0.25) is 0 Å². The quantitative estimate of drug-likeness (QED) is 0.548. The Bertz CT molecular complexity index is 697. The minimum Gasteiger partial charge on any atom is -0.487 e. The summed E-state index contributed by atoms with van der Waals surface area (Å²) in [7, 11) is 0. The van der Waals surface area contributed by atoms with Crippen LogP contribution in [0, 0.1) is 6.92 Å². The molecule has 1 aromatic heterocycles. The Morgan fingerprint density at radius 2 is 2.00 bits per heavy atom. The molecule has 0 aliphatic heterocycles. The van der Waals surface area contributed by atoms with Crippen molar-refractivity contribution in [3.63, 3.8) is 0 Å². The number of hydrogen-bond acceptors (Lipinski definition) is 6. The van der Waals surface area contributed by atoms with Crippen LogP contribution in [0.1, 0.15) is 40.8 Å². The lowest BCUT2D eigenvalue weighted by Crippen LogP contribution is -2.29. The molecule has 0 unspecified atom stereocenters. The summed E-state index contributed by atoms with van der Waals surface area (Å²) >= 11 is 1.57. The second-order valence-corrected chi connectivity index (χ2v) is 6.51. The van der Waals surface area contributed by atoms with Gasteiger partial charge in [0.15, 0.2) is 6.61 Å². The topological polar surface area (TPSA) is 77.5 Å². The number of unbranched alkanes of at least 4 members (excludes halogenated alkanes) is 1. The molecule has 7 heteroatoms. The zero-order valence-electron chi connectivity index (χ0n) is 14.4. The summed E-state index contributed by atoms with van der Waals surface area (Å²) in [5, 5.41) is 5.64. The summed E-state index contributed by atoms with van der Waals surface area (Å²) in [6.07, 6.45) is 1.90. The van der Waals surface area contributed by atoms with Crippen LogP contribution in [0.15, 0.2) is 29.6 Å². The van der Waals surface area contributed by atoms with E-state index < -0.39 is 5.97 Å². The van der Waals surface area contributed by atoms with Gasteiger partial charge in [0, 0.05) is 11.9 Å². The first-order chi connectivity index (χ1) is 12.1. The number of hydrogen-bond donors (Lipinski definition) is 1. The van der Waals surface area contributed by atoms with E-state index in [1.165, 1.54) is 0 Å². The summed E-state index contributed by atoms with van der Waals surface area (Å²) in [4.78, 5) is 27.8. The average Bonchev–Trinajstić information content (AvgIpc) is 3.04. The minimum absolute atomic E-state index is 0.274. The van der Waals surface area contributed by atoms with E-state index in [-0.39, 0.29) is 12.5 Å². The van der Waals surface area contributed by atoms with E-state index in [4.69, 9.17) is 9.47 Å². The second-order valence-electron chi connectivity index (χ2n) is 5.45. The Balaban J connectivity index is 1.76. The first-order valence-corrected chi connectivity index (χ1v) is 9.04. The average molecular weight is 362 g/mol. The number of aromatic nitrogens is 1. The van der Waals surface area contributed by atoms with Crippen LogP contribution in [-0.2, 0) is 16.1 Å². The number of benzene rings is 1. The van der Waals surface area contributed by atoms with Crippen molar-refractivity contribution < 1.29 is 19.1 Å². The number of rotatable bonds is 9. The molecule has 0 saturated heterocycles. The van der Waals surface area contributed by atoms with E-state index in [9.17, 15) is 9.59 Å². The molecule has 0 saturated carbocycles. The molecule has 0 aliphatic carbocycles. The van der Waals surface area contributed by atoms with Crippen LogP contribution in [0.3, 0.4) is 0 Å². The molecule has 2 rings (SSSR count). The monoisotopic (exact) mass is 362 g/mol. The van der Waals surface area contributed by atoms with E-state index in [0.29, 0.717) is 24.5 Å². The Hall–Kier alpha value is -2.41. The number of ether oxygens (including phenoxy) is 2. The summed E-state index contributed by atoms with van der Waals surface area (Å²) in [6, 6.07) is 6.60. The van der Waals surface area contributed by atoms with Crippen molar-refractivity contribution in [1.29, 1.82) is 0 Å². The molecule has 2 aromatic rings. The van der Waals surface area contributed by atoms with Gasteiger partial charge in [0.25, 0.3) is 5.91 Å². The first-order valence-electron chi connectivity index (χ1n) is 8.16. The highest BCUT2D eigenvalue weighted by molar-refractivity contribution is 7.09. The summed E-state index contributed by atoms with van der Waals surface area (Å²) in [5.41, 5.74) is 1.25. The SMILES string of the molecule is CCCCNC(=O)COC(=O)c1ccc(OCc2csc(C)n2)cc1. The van der Waals surface area contributed by atoms with Gasteiger partial charge in [-0.15, -0.1) is 11.3 Å². The van der Waals surface area contributed by atoms with Gasteiger partial charge in [-0.3, -0.25) is 4.79 Å². The van der Waals surface area contributed by atoms with Crippen molar-refractivity contribution in [3.8, 4) is 5.75 Å². The third kappa shape index (κ3) is 6.54. The van der Waals surface area contributed by atoms with Crippen molar-refractivity contribution in [2.45, 2.75) is 33.3 Å². The zero-order chi connectivity index (χ0) is 18.1. The van der Waals surface area contributed by atoms with Gasteiger partial charge in [-0.25, -0.2) is 9.78 Å². The van der Waals surface area contributed by atoms with Crippen molar-refractivity contribution >= 4 is 23.2 Å². The van der Waals surface area contributed by atoms with Crippen LogP contribution >= 0.6 is 11.3 Å². The molecule has 134 valence electrons. The minimum atomic E-state index is -0.535. The normalized spacial score (nSPS) is 10.3. The van der Waals surface area contributed by atoms with Crippen LogP contribution in [0.5, 0.6) is 5.75 Å². The molecule has 0 aliphatic rings. The second kappa shape index (κ2) is 9.78. The van der Waals surface area contributed by atoms with Crippen molar-refractivity contribution in [2.24, 2.45) is 0 Å². The molecule has 25 heavy (non-hydrogen) atoms. The predicted octanol–water partition coefficient (Wildman–Crippen LogP) is 3.10. The zero-order valence-corrected chi connectivity index (χ0v) is 15.2. The number of thiazole rings is 1. The third-order valence-electron chi connectivity index (χ3n) is 3.33. The Labute approximate surface area is 151 Å². The maximum atomic E-state index is 11.9. The predicted molar refractivity (Wildman–Crippen MR) is 95.8 cm³/mol. The standard InChI is InChI=1S/C18H22N2O4S/c1-3-4-9-19-17(21)11-24-18(22)14-5-7-16(8-6-14)23-10-15-12-25-13(2)20-15/h5-8,12H,3-4,9-11H2,1-2H3,(H,19,21). The molecule has 0 fully saturated rings. The fourth-order valence-corrected chi connectivity index (χ4v) is 2.59. The lowest BCUT2D eigenvalue weighted by atomic mass is 10.2. The molecule has 0 atom stereocenters. The summed E-state index contributed by atoms with van der Waals surface area (Å²) < 4.78 is 10.6. The van der Waals surface area contributed by atoms with E-state index >= 15 is 0 Å². The van der Waals surface area contributed by atoms with Crippen LogP contribution in [0.25, 0.3) is 0 Å². The van der Waals surface area contributed by atoms with Crippen LogP contribution < -0.4 is 10.1 Å². The van der Waals surface area contributed by atoms with Gasteiger partial charge < -0.3 is 14.8 Å². The number of aryl methyl sites for hydroxylation is 1. The smallest absolute Gasteiger partial charge is 0.338 e. The fourth-order valence-electron chi connectivity index (χ4n) is 1.99. The highest BCUT2D eigenvalue weighted by atomic mass is 32.1. The Kier molecular flexibility index (Phi) is 7.40. The van der Waals surface area contributed by atoms with Crippen LogP contribution in [0.4, 0.5) is 0 Å². The molecule has 0 spiro atoms. The van der Waals surface area contributed by atoms with E-state index in [1.54, 1.807) is 35.6 Å². The maximum absolute atomic E-state index is 11.9. The van der Waals surface area contributed by atoms with Crippen molar-refractivity contribution in [2.75, 3.05) is 13.2 Å². The first kappa shape index (κ1) is 18.9. The van der Waals surface area contributed by atoms with E-state index in [0.717, 1.165) is 23.5 Å². The number of carbonyl (C=O) groups is 2. The van der Waals surface area contributed by atoms with E-state index in [2.05, 4.69) is 10.3 Å². The summed E-state index contributed by atoms with van der Waals surface area (Å²) in [6.45, 7) is 4.68. The molecule has 0 bridgehead atoms. The van der Waals surface area contributed by atoms with Gasteiger partial charge in [-0.05, 0) is 37.6 Å². The number of esters is 1. The van der Waals surface area contributed by atoms with Gasteiger partial charge in [-0.1, -0.05) is 13.3 Å². The molecule has 6 nitrogen and oxygen atoms in total. The molecular formula is C18H22N2O4S. The molecule has 1 aromatic carbocycles. The van der Waals surface area contributed by atoms with Gasteiger partial charge >= 0.3 is 5.97 Å². The molecule has 1 N–H and O–H groups in total. The Morgan fingerprint density at radius 3 is 2.64 bits per heavy atom. The number of nitrogens with zero attached hydrogens (tertiary/aromatic N) is 1. The largest absolute Gasteiger partial charge is 0.487 e. The Morgan fingerprint density at radius 1 is 1.24 bits per heavy atom. The van der Waals surface area contributed by atoms with Crippen molar-refractivity contribution in [3.05, 3.63) is 45.9 Å².